The van der Waals surface area contributed by atoms with Crippen molar-refractivity contribution >= 4 is 34.8 Å². The summed E-state index contributed by atoms with van der Waals surface area (Å²) in [4.78, 5) is 11.6. The first kappa shape index (κ1) is 16.1. The summed E-state index contributed by atoms with van der Waals surface area (Å²) in [6.45, 7) is 0. The molecule has 7 heteroatoms. The largest absolute Gasteiger partial charge is 1.00 e. The zero-order valence-corrected chi connectivity index (χ0v) is 14.3. The van der Waals surface area contributed by atoms with E-state index in [9.17, 15) is 4.79 Å². The molecular formula is C11H8ClKN3OS+. The van der Waals surface area contributed by atoms with E-state index >= 15 is 0 Å². The molecule has 0 aromatic heterocycles. The van der Waals surface area contributed by atoms with E-state index in [2.05, 4.69) is 10.6 Å². The first-order valence-electron chi connectivity index (χ1n) is 4.88. The molecule has 1 aliphatic rings. The van der Waals surface area contributed by atoms with E-state index in [-0.39, 0.29) is 62.4 Å². The Hall–Kier alpha value is -0.00364. The molecule has 0 saturated carbocycles. The summed E-state index contributed by atoms with van der Waals surface area (Å²) < 4.78 is 0. The fraction of sp³-hybridized carbons (Fsp3) is 0.182. The van der Waals surface area contributed by atoms with Crippen molar-refractivity contribution in [3.05, 3.63) is 34.9 Å². The van der Waals surface area contributed by atoms with Crippen LogP contribution in [0.1, 0.15) is 11.6 Å². The van der Waals surface area contributed by atoms with Gasteiger partial charge in [0.1, 0.15) is 5.92 Å². The van der Waals surface area contributed by atoms with Crippen molar-refractivity contribution in [3.8, 4) is 6.07 Å². The van der Waals surface area contributed by atoms with E-state index in [1.165, 1.54) is 0 Å². The van der Waals surface area contributed by atoms with Crippen LogP contribution in [-0.2, 0) is 4.79 Å². The summed E-state index contributed by atoms with van der Waals surface area (Å²) in [7, 11) is 0. The molecule has 1 fully saturated rings. The van der Waals surface area contributed by atoms with E-state index in [0.29, 0.717) is 5.02 Å². The van der Waals surface area contributed by atoms with Crippen molar-refractivity contribution in [2.45, 2.75) is 6.04 Å². The van der Waals surface area contributed by atoms with Crippen LogP contribution in [0.5, 0.6) is 0 Å². The molecule has 1 aromatic carbocycles. The number of amides is 1. The topological polar surface area (TPSA) is 64.9 Å². The van der Waals surface area contributed by atoms with Crippen molar-refractivity contribution in [2.24, 2.45) is 5.92 Å². The minimum absolute atomic E-state index is 0. The van der Waals surface area contributed by atoms with Crippen molar-refractivity contribution in [1.29, 1.82) is 5.26 Å². The second kappa shape index (κ2) is 6.96. The number of thiocarbonyl (C=S) groups is 1. The summed E-state index contributed by atoms with van der Waals surface area (Å²) in [5, 5.41) is 15.2. The summed E-state index contributed by atoms with van der Waals surface area (Å²) in [5.41, 5.74) is 0.804. The number of rotatable bonds is 1. The second-order valence-corrected chi connectivity index (χ2v) is 4.44. The molecule has 0 spiro atoms. The Morgan fingerprint density at radius 3 is 2.50 bits per heavy atom. The van der Waals surface area contributed by atoms with Gasteiger partial charge in [-0.3, -0.25) is 4.79 Å². The standard InChI is InChI=1S/C11H8ClN3OS.K/c12-7-3-1-6(2-4-7)9-8(5-13)10(16)15-11(17)14-9;/h1-4,8-9H,(H2,14,15,16,17);/q;+1. The molecule has 2 unspecified atom stereocenters. The van der Waals surface area contributed by atoms with E-state index < -0.39 is 12.0 Å². The number of benzene rings is 1. The van der Waals surface area contributed by atoms with Crippen LogP contribution in [0, 0.1) is 17.2 Å². The van der Waals surface area contributed by atoms with Gasteiger partial charge in [-0.25, -0.2) is 0 Å². The third-order valence-electron chi connectivity index (χ3n) is 2.51. The number of carbonyl (C=O) groups excluding carboxylic acids is 1. The Morgan fingerprint density at radius 1 is 1.33 bits per heavy atom. The van der Waals surface area contributed by atoms with Gasteiger partial charge in [-0.05, 0) is 29.9 Å². The van der Waals surface area contributed by atoms with Crippen LogP contribution in [0.3, 0.4) is 0 Å². The minimum Gasteiger partial charge on any atom is -0.354 e. The van der Waals surface area contributed by atoms with Crippen LogP contribution in [0.15, 0.2) is 24.3 Å². The molecule has 2 rings (SSSR count). The van der Waals surface area contributed by atoms with Crippen LogP contribution >= 0.6 is 23.8 Å². The van der Waals surface area contributed by atoms with Gasteiger partial charge < -0.3 is 10.6 Å². The first-order valence-corrected chi connectivity index (χ1v) is 5.67. The Bertz CT molecular complexity index is 514. The number of hydrogen-bond donors (Lipinski definition) is 2. The number of halogens is 1. The van der Waals surface area contributed by atoms with Crippen LogP contribution in [-0.4, -0.2) is 11.0 Å². The van der Waals surface area contributed by atoms with Gasteiger partial charge in [0.25, 0.3) is 0 Å². The van der Waals surface area contributed by atoms with Gasteiger partial charge in [0.15, 0.2) is 5.11 Å². The predicted molar refractivity (Wildman–Crippen MR) is 67.2 cm³/mol. The minimum atomic E-state index is -0.803. The van der Waals surface area contributed by atoms with E-state index in [4.69, 9.17) is 29.1 Å². The molecule has 1 amide bonds. The number of nitrogens with zero attached hydrogens (tertiary/aromatic N) is 1. The Balaban J connectivity index is 0.00000162. The third-order valence-corrected chi connectivity index (χ3v) is 2.98. The molecule has 1 saturated heterocycles. The van der Waals surface area contributed by atoms with E-state index in [1.54, 1.807) is 24.3 Å². The zero-order valence-electron chi connectivity index (χ0n) is 9.61. The summed E-state index contributed by atoms with van der Waals surface area (Å²) in [6.07, 6.45) is 0. The molecule has 1 aromatic rings. The van der Waals surface area contributed by atoms with Crippen molar-refractivity contribution in [3.63, 3.8) is 0 Å². The number of nitriles is 1. The van der Waals surface area contributed by atoms with Crippen molar-refractivity contribution < 1.29 is 56.2 Å². The number of nitrogens with one attached hydrogen (secondary N) is 2. The molecule has 0 bridgehead atoms. The van der Waals surface area contributed by atoms with Gasteiger partial charge >= 0.3 is 51.4 Å². The maximum atomic E-state index is 11.6. The molecule has 0 aliphatic carbocycles. The van der Waals surface area contributed by atoms with Crippen LogP contribution in [0.25, 0.3) is 0 Å². The molecule has 2 atom stereocenters. The van der Waals surface area contributed by atoms with Gasteiger partial charge in [0, 0.05) is 5.02 Å². The average molecular weight is 305 g/mol. The van der Waals surface area contributed by atoms with Gasteiger partial charge in [0.05, 0.1) is 12.1 Å². The molecule has 0 radical (unpaired) electrons. The average Bonchev–Trinajstić information content (AvgIpc) is 2.29. The quantitative estimate of drug-likeness (QED) is 0.491. The first-order chi connectivity index (χ1) is 8.11. The SMILES string of the molecule is N#CC1C(=O)NC(=S)NC1c1ccc(Cl)cc1.[K+]. The molecule has 2 N–H and O–H groups in total. The summed E-state index contributed by atoms with van der Waals surface area (Å²) in [5.74, 6) is -1.18. The summed E-state index contributed by atoms with van der Waals surface area (Å²) in [6, 6.07) is 8.50. The molecule has 1 aliphatic heterocycles. The number of carbonyl (C=O) groups is 1. The van der Waals surface area contributed by atoms with Crippen LogP contribution < -0.4 is 62.0 Å². The number of hydrogen-bond acceptors (Lipinski definition) is 3. The summed E-state index contributed by atoms with van der Waals surface area (Å²) >= 11 is 10.7. The Kier molecular flexibility index (Phi) is 6.21. The molecule has 4 nitrogen and oxygen atoms in total. The smallest absolute Gasteiger partial charge is 0.354 e. The Morgan fingerprint density at radius 2 is 1.94 bits per heavy atom. The second-order valence-electron chi connectivity index (χ2n) is 3.60. The van der Waals surface area contributed by atoms with Crippen molar-refractivity contribution in [2.75, 3.05) is 0 Å². The molecule has 18 heavy (non-hydrogen) atoms. The van der Waals surface area contributed by atoms with Gasteiger partial charge in [-0.2, -0.15) is 5.26 Å². The fourth-order valence-electron chi connectivity index (χ4n) is 1.68. The Labute approximate surface area is 157 Å². The van der Waals surface area contributed by atoms with Crippen molar-refractivity contribution in [1.82, 2.24) is 10.6 Å². The van der Waals surface area contributed by atoms with Crippen LogP contribution in [0.4, 0.5) is 0 Å². The third kappa shape index (κ3) is 3.51. The van der Waals surface area contributed by atoms with Gasteiger partial charge in [-0.15, -0.1) is 0 Å². The van der Waals surface area contributed by atoms with E-state index in [0.717, 1.165) is 5.56 Å². The molecular weight excluding hydrogens is 297 g/mol. The van der Waals surface area contributed by atoms with Gasteiger partial charge in [-0.1, -0.05) is 23.7 Å². The molecule has 86 valence electrons. The zero-order chi connectivity index (χ0) is 12.4. The van der Waals surface area contributed by atoms with Gasteiger partial charge in [0.2, 0.25) is 5.91 Å². The van der Waals surface area contributed by atoms with E-state index in [1.807, 2.05) is 6.07 Å². The fourth-order valence-corrected chi connectivity index (χ4v) is 2.03. The normalized spacial score (nSPS) is 22.2. The maximum absolute atomic E-state index is 11.6. The maximum Gasteiger partial charge on any atom is 1.00 e. The molecule has 1 heterocycles. The predicted octanol–water partition coefficient (Wildman–Crippen LogP) is -1.47. The van der Waals surface area contributed by atoms with Crippen LogP contribution in [0.2, 0.25) is 5.02 Å². The monoisotopic (exact) mass is 304 g/mol.